The van der Waals surface area contributed by atoms with E-state index >= 15 is 0 Å². The number of carbonyl (C=O) groups excluding carboxylic acids is 1. The van der Waals surface area contributed by atoms with Crippen molar-refractivity contribution in [2.24, 2.45) is 11.8 Å². The molecule has 0 saturated heterocycles. The predicted octanol–water partition coefficient (Wildman–Crippen LogP) is 4.49. The smallest absolute Gasteiger partial charge is 0.169 e. The number of carbonyl (C=O) groups is 1. The fourth-order valence-electron chi connectivity index (χ4n) is 1.65. The Kier molecular flexibility index (Phi) is 2.98. The highest BCUT2D eigenvalue weighted by Crippen LogP contribution is 2.43. The second kappa shape index (κ2) is 3.97. The summed E-state index contributed by atoms with van der Waals surface area (Å²) >= 11 is 17.7. The van der Waals surface area contributed by atoms with E-state index in [0.29, 0.717) is 26.5 Å². The number of rotatable bonds is 2. The maximum Gasteiger partial charge on any atom is 0.169 e. The quantitative estimate of drug-likeness (QED) is 0.719. The molecule has 0 spiro atoms. The predicted molar refractivity (Wildman–Crippen MR) is 63.1 cm³/mol. The zero-order valence-corrected chi connectivity index (χ0v) is 10.3. The molecular formula is C11H9Cl3O. The normalized spacial score (nSPS) is 24.0. The molecular weight excluding hydrogens is 254 g/mol. The van der Waals surface area contributed by atoms with E-state index in [1.807, 2.05) is 6.92 Å². The number of Topliss-reactive ketones (excluding diaryl/α,β-unsaturated/α-hetero) is 1. The van der Waals surface area contributed by atoms with E-state index < -0.39 is 0 Å². The first-order valence-corrected chi connectivity index (χ1v) is 5.83. The third-order valence-corrected chi connectivity index (χ3v) is 3.51. The zero-order chi connectivity index (χ0) is 11.2. The van der Waals surface area contributed by atoms with Crippen molar-refractivity contribution in [2.75, 3.05) is 0 Å². The summed E-state index contributed by atoms with van der Waals surface area (Å²) in [5, 5.41) is 1.14. The van der Waals surface area contributed by atoms with Gasteiger partial charge in [0.05, 0.1) is 15.6 Å². The number of hydrogen-bond acceptors (Lipinski definition) is 1. The van der Waals surface area contributed by atoms with E-state index in [0.717, 1.165) is 6.42 Å². The second-order valence-electron chi connectivity index (χ2n) is 3.93. The minimum atomic E-state index is 0.0363. The fraction of sp³-hybridized carbons (Fsp3) is 0.364. The van der Waals surface area contributed by atoms with Crippen molar-refractivity contribution in [2.45, 2.75) is 13.3 Å². The monoisotopic (exact) mass is 262 g/mol. The summed E-state index contributed by atoms with van der Waals surface area (Å²) in [4.78, 5) is 12.0. The number of benzene rings is 1. The molecule has 80 valence electrons. The number of halogens is 3. The average Bonchev–Trinajstić information content (AvgIpc) is 2.80. The highest BCUT2D eigenvalue weighted by molar-refractivity contribution is 6.42. The van der Waals surface area contributed by atoms with Crippen molar-refractivity contribution >= 4 is 40.6 Å². The van der Waals surface area contributed by atoms with Crippen LogP contribution in [0.3, 0.4) is 0 Å². The molecule has 0 amide bonds. The second-order valence-corrected chi connectivity index (χ2v) is 5.18. The van der Waals surface area contributed by atoms with Crippen LogP contribution in [0.5, 0.6) is 0 Å². The van der Waals surface area contributed by atoms with Gasteiger partial charge in [0.1, 0.15) is 0 Å². The largest absolute Gasteiger partial charge is 0.294 e. The third kappa shape index (κ3) is 2.15. The molecule has 1 fully saturated rings. The van der Waals surface area contributed by atoms with Crippen molar-refractivity contribution in [3.8, 4) is 0 Å². The first-order chi connectivity index (χ1) is 7.00. The molecule has 0 aliphatic heterocycles. The van der Waals surface area contributed by atoms with Crippen LogP contribution in [0, 0.1) is 11.8 Å². The van der Waals surface area contributed by atoms with Gasteiger partial charge in [-0.15, -0.1) is 0 Å². The van der Waals surface area contributed by atoms with Gasteiger partial charge in [0.2, 0.25) is 0 Å². The lowest BCUT2D eigenvalue weighted by atomic mass is 10.1. The molecule has 1 aromatic carbocycles. The summed E-state index contributed by atoms with van der Waals surface area (Å²) < 4.78 is 0. The highest BCUT2D eigenvalue weighted by Gasteiger charge is 2.40. The molecule has 2 atom stereocenters. The summed E-state index contributed by atoms with van der Waals surface area (Å²) in [6.45, 7) is 2.04. The Labute approximate surface area is 103 Å². The van der Waals surface area contributed by atoms with Crippen molar-refractivity contribution < 1.29 is 4.79 Å². The van der Waals surface area contributed by atoms with E-state index in [1.165, 1.54) is 0 Å². The molecule has 1 aromatic rings. The summed E-state index contributed by atoms with van der Waals surface area (Å²) in [6.07, 6.45) is 0.925. The first kappa shape index (κ1) is 11.3. The van der Waals surface area contributed by atoms with Crippen LogP contribution in [0.1, 0.15) is 23.7 Å². The maximum absolute atomic E-state index is 12.0. The van der Waals surface area contributed by atoms with Crippen LogP contribution < -0.4 is 0 Å². The molecule has 1 nitrogen and oxygen atoms in total. The lowest BCUT2D eigenvalue weighted by Crippen LogP contribution is -2.04. The maximum atomic E-state index is 12.0. The van der Waals surface area contributed by atoms with Crippen LogP contribution in [0.2, 0.25) is 15.1 Å². The van der Waals surface area contributed by atoms with E-state index in [1.54, 1.807) is 12.1 Å². The summed E-state index contributed by atoms with van der Waals surface area (Å²) in [6, 6.07) is 3.10. The molecule has 15 heavy (non-hydrogen) atoms. The Morgan fingerprint density at radius 3 is 2.13 bits per heavy atom. The molecule has 2 unspecified atom stereocenters. The van der Waals surface area contributed by atoms with Gasteiger partial charge in [-0.2, -0.15) is 0 Å². The molecule has 0 radical (unpaired) electrons. The van der Waals surface area contributed by atoms with Gasteiger partial charge in [-0.1, -0.05) is 41.7 Å². The lowest BCUT2D eigenvalue weighted by Gasteiger charge is -2.05. The molecule has 4 heteroatoms. The van der Waals surface area contributed by atoms with Gasteiger partial charge in [0, 0.05) is 10.9 Å². The van der Waals surface area contributed by atoms with Crippen molar-refractivity contribution in [1.82, 2.24) is 0 Å². The standard InChI is InChI=1S/C11H9Cl3O/c1-5-2-7(5)11(15)10-8(13)3-6(12)4-9(10)14/h3-5,7H,2H2,1H3. The van der Waals surface area contributed by atoms with E-state index in [4.69, 9.17) is 34.8 Å². The third-order valence-electron chi connectivity index (χ3n) is 2.70. The van der Waals surface area contributed by atoms with Crippen LogP contribution in [0.4, 0.5) is 0 Å². The zero-order valence-electron chi connectivity index (χ0n) is 8.06. The Hall–Kier alpha value is -0.240. The fourth-order valence-corrected chi connectivity index (χ4v) is 2.65. The average molecular weight is 264 g/mol. The van der Waals surface area contributed by atoms with Gasteiger partial charge in [-0.3, -0.25) is 4.79 Å². The molecule has 1 aliphatic rings. The van der Waals surface area contributed by atoms with Gasteiger partial charge in [-0.05, 0) is 24.5 Å². The topological polar surface area (TPSA) is 17.1 Å². The highest BCUT2D eigenvalue weighted by atomic mass is 35.5. The molecule has 1 saturated carbocycles. The van der Waals surface area contributed by atoms with Gasteiger partial charge in [0.15, 0.2) is 5.78 Å². The molecule has 0 N–H and O–H groups in total. The van der Waals surface area contributed by atoms with E-state index in [9.17, 15) is 4.79 Å². The van der Waals surface area contributed by atoms with Gasteiger partial charge >= 0.3 is 0 Å². The van der Waals surface area contributed by atoms with Crippen LogP contribution in [0.25, 0.3) is 0 Å². The Balaban J connectivity index is 2.39. The van der Waals surface area contributed by atoms with Crippen molar-refractivity contribution in [1.29, 1.82) is 0 Å². The van der Waals surface area contributed by atoms with Gasteiger partial charge in [-0.25, -0.2) is 0 Å². The minimum absolute atomic E-state index is 0.0363. The summed E-state index contributed by atoms with van der Waals surface area (Å²) in [5.41, 5.74) is 0.414. The molecule has 2 rings (SSSR count). The van der Waals surface area contributed by atoms with Gasteiger partial charge < -0.3 is 0 Å². The molecule has 0 bridgehead atoms. The number of hydrogen-bond donors (Lipinski definition) is 0. The Morgan fingerprint density at radius 2 is 1.73 bits per heavy atom. The van der Waals surface area contributed by atoms with Gasteiger partial charge in [0.25, 0.3) is 0 Å². The van der Waals surface area contributed by atoms with Crippen LogP contribution in [-0.4, -0.2) is 5.78 Å². The minimum Gasteiger partial charge on any atom is -0.294 e. The molecule has 0 heterocycles. The van der Waals surface area contributed by atoms with Crippen LogP contribution in [0.15, 0.2) is 12.1 Å². The van der Waals surface area contributed by atoms with Crippen molar-refractivity contribution in [3.05, 3.63) is 32.8 Å². The first-order valence-electron chi connectivity index (χ1n) is 4.69. The Morgan fingerprint density at radius 1 is 1.27 bits per heavy atom. The van der Waals surface area contributed by atoms with Crippen LogP contribution >= 0.6 is 34.8 Å². The van der Waals surface area contributed by atoms with E-state index in [-0.39, 0.29) is 11.7 Å². The van der Waals surface area contributed by atoms with Crippen LogP contribution in [-0.2, 0) is 0 Å². The molecule has 0 aromatic heterocycles. The van der Waals surface area contributed by atoms with Crippen molar-refractivity contribution in [3.63, 3.8) is 0 Å². The summed E-state index contributed by atoms with van der Waals surface area (Å²) in [5.74, 6) is 0.565. The summed E-state index contributed by atoms with van der Waals surface area (Å²) in [7, 11) is 0. The lowest BCUT2D eigenvalue weighted by molar-refractivity contribution is 0.0962. The Bertz CT molecular complexity index is 405. The SMILES string of the molecule is CC1CC1C(=O)c1c(Cl)cc(Cl)cc1Cl. The molecule has 1 aliphatic carbocycles. The number of ketones is 1. The van der Waals surface area contributed by atoms with E-state index in [2.05, 4.69) is 0 Å².